The van der Waals surface area contributed by atoms with Crippen LogP contribution >= 0.6 is 11.3 Å². The molecule has 0 radical (unpaired) electrons. The van der Waals surface area contributed by atoms with E-state index in [0.29, 0.717) is 16.4 Å². The normalized spacial score (nSPS) is 10.1. The van der Waals surface area contributed by atoms with Crippen LogP contribution in [-0.4, -0.2) is 19.2 Å². The highest BCUT2D eigenvalue weighted by molar-refractivity contribution is 7.15. The molecule has 1 heterocycles. The molecule has 0 aliphatic rings. The molecule has 2 aromatic rings. The summed E-state index contributed by atoms with van der Waals surface area (Å²) in [5.41, 5.74) is 1.82. The number of rotatable bonds is 5. The standard InChI is InChI=1S/C15H16N2O2S/c1-4-5-11-14(9-16)20-15(17-11)10-6-7-12(18-2)13(8-10)19-3/h6-8H,4-5H2,1-3H3. The van der Waals surface area contributed by atoms with Crippen molar-refractivity contribution in [1.29, 1.82) is 5.26 Å². The van der Waals surface area contributed by atoms with Crippen LogP contribution in [0.5, 0.6) is 11.5 Å². The third-order valence-corrected chi connectivity index (χ3v) is 3.97. The lowest BCUT2D eigenvalue weighted by Crippen LogP contribution is -1.91. The molecule has 1 aromatic carbocycles. The van der Waals surface area contributed by atoms with E-state index >= 15 is 0 Å². The predicted molar refractivity (Wildman–Crippen MR) is 79.4 cm³/mol. The van der Waals surface area contributed by atoms with Gasteiger partial charge in [0.2, 0.25) is 0 Å². The van der Waals surface area contributed by atoms with Gasteiger partial charge in [0.05, 0.1) is 19.9 Å². The van der Waals surface area contributed by atoms with Gasteiger partial charge in [0.25, 0.3) is 0 Å². The van der Waals surface area contributed by atoms with Gasteiger partial charge in [0.15, 0.2) is 11.5 Å². The van der Waals surface area contributed by atoms with Crippen molar-refractivity contribution in [3.63, 3.8) is 0 Å². The monoisotopic (exact) mass is 288 g/mol. The van der Waals surface area contributed by atoms with E-state index in [4.69, 9.17) is 14.7 Å². The van der Waals surface area contributed by atoms with Gasteiger partial charge in [0.1, 0.15) is 16.0 Å². The zero-order valence-electron chi connectivity index (χ0n) is 11.8. The number of hydrogen-bond acceptors (Lipinski definition) is 5. The maximum absolute atomic E-state index is 9.16. The van der Waals surface area contributed by atoms with Crippen LogP contribution in [-0.2, 0) is 6.42 Å². The van der Waals surface area contributed by atoms with Crippen LogP contribution in [0.15, 0.2) is 18.2 Å². The summed E-state index contributed by atoms with van der Waals surface area (Å²) in [5.74, 6) is 1.35. The van der Waals surface area contributed by atoms with Gasteiger partial charge in [-0.15, -0.1) is 11.3 Å². The third kappa shape index (κ3) is 2.75. The minimum absolute atomic E-state index is 0.663. The molecule has 0 saturated carbocycles. The van der Waals surface area contributed by atoms with Crippen LogP contribution in [0.2, 0.25) is 0 Å². The largest absolute Gasteiger partial charge is 0.493 e. The summed E-state index contributed by atoms with van der Waals surface area (Å²) in [6.45, 7) is 2.08. The Balaban J connectivity index is 2.44. The Morgan fingerprint density at radius 2 is 2.00 bits per heavy atom. The molecule has 0 amide bonds. The molecule has 5 heteroatoms. The van der Waals surface area contributed by atoms with Gasteiger partial charge in [-0.3, -0.25) is 0 Å². The second-order valence-corrected chi connectivity index (χ2v) is 5.23. The Morgan fingerprint density at radius 1 is 1.25 bits per heavy atom. The summed E-state index contributed by atoms with van der Waals surface area (Å²) in [7, 11) is 3.21. The molecule has 0 saturated heterocycles. The topological polar surface area (TPSA) is 55.1 Å². The van der Waals surface area contributed by atoms with Crippen LogP contribution in [0, 0.1) is 11.3 Å². The van der Waals surface area contributed by atoms with Crippen LogP contribution in [0.25, 0.3) is 10.6 Å². The van der Waals surface area contributed by atoms with E-state index in [9.17, 15) is 0 Å². The first-order chi connectivity index (χ1) is 9.73. The molecule has 0 fully saturated rings. The molecule has 20 heavy (non-hydrogen) atoms. The maximum Gasteiger partial charge on any atom is 0.161 e. The molecule has 104 valence electrons. The van der Waals surface area contributed by atoms with Gasteiger partial charge in [-0.05, 0) is 24.6 Å². The number of thiazole rings is 1. The Hall–Kier alpha value is -2.06. The maximum atomic E-state index is 9.16. The number of benzene rings is 1. The lowest BCUT2D eigenvalue weighted by atomic mass is 10.2. The summed E-state index contributed by atoms with van der Waals surface area (Å²) < 4.78 is 10.5. The van der Waals surface area contributed by atoms with Gasteiger partial charge in [-0.2, -0.15) is 5.26 Å². The van der Waals surface area contributed by atoms with Crippen molar-refractivity contribution in [2.75, 3.05) is 14.2 Å². The van der Waals surface area contributed by atoms with Gasteiger partial charge in [0, 0.05) is 5.56 Å². The van der Waals surface area contributed by atoms with Crippen molar-refractivity contribution >= 4 is 11.3 Å². The number of ether oxygens (including phenoxy) is 2. The highest BCUT2D eigenvalue weighted by atomic mass is 32.1. The van der Waals surface area contributed by atoms with Crippen molar-refractivity contribution < 1.29 is 9.47 Å². The molecular weight excluding hydrogens is 272 g/mol. The molecule has 0 N–H and O–H groups in total. The number of nitriles is 1. The molecular formula is C15H16N2O2S. The number of aromatic nitrogens is 1. The third-order valence-electron chi connectivity index (χ3n) is 2.92. The Labute approximate surface area is 122 Å². The fourth-order valence-corrected chi connectivity index (χ4v) is 2.84. The Kier molecular flexibility index (Phi) is 4.59. The number of methoxy groups -OCH3 is 2. The van der Waals surface area contributed by atoms with Gasteiger partial charge in [-0.1, -0.05) is 13.3 Å². The average Bonchev–Trinajstić information content (AvgIpc) is 2.90. The first kappa shape index (κ1) is 14.4. The molecule has 0 unspecified atom stereocenters. The van der Waals surface area contributed by atoms with Crippen molar-refractivity contribution in [1.82, 2.24) is 4.98 Å². The average molecular weight is 288 g/mol. The highest BCUT2D eigenvalue weighted by Crippen LogP contribution is 2.35. The predicted octanol–water partition coefficient (Wildman–Crippen LogP) is 3.65. The van der Waals surface area contributed by atoms with Crippen LogP contribution < -0.4 is 9.47 Å². The second-order valence-electron chi connectivity index (χ2n) is 4.23. The van der Waals surface area contributed by atoms with E-state index in [1.54, 1.807) is 14.2 Å². The summed E-state index contributed by atoms with van der Waals surface area (Å²) in [6.07, 6.45) is 1.80. The summed E-state index contributed by atoms with van der Waals surface area (Å²) in [4.78, 5) is 5.26. The highest BCUT2D eigenvalue weighted by Gasteiger charge is 2.13. The summed E-state index contributed by atoms with van der Waals surface area (Å²) in [6, 6.07) is 7.88. The molecule has 0 aliphatic carbocycles. The van der Waals surface area contributed by atoms with E-state index in [1.807, 2.05) is 18.2 Å². The summed E-state index contributed by atoms with van der Waals surface area (Å²) >= 11 is 1.42. The van der Waals surface area contributed by atoms with Gasteiger partial charge >= 0.3 is 0 Å². The molecule has 4 nitrogen and oxygen atoms in total. The van der Waals surface area contributed by atoms with Crippen molar-refractivity contribution in [2.24, 2.45) is 0 Å². The zero-order chi connectivity index (χ0) is 14.5. The Morgan fingerprint density at radius 3 is 2.60 bits per heavy atom. The fraction of sp³-hybridized carbons (Fsp3) is 0.333. The first-order valence-corrected chi connectivity index (χ1v) is 7.17. The van der Waals surface area contributed by atoms with E-state index in [0.717, 1.165) is 29.1 Å². The fourth-order valence-electron chi connectivity index (χ4n) is 1.94. The Bertz CT molecular complexity index is 644. The lowest BCUT2D eigenvalue weighted by Gasteiger charge is -2.08. The SMILES string of the molecule is CCCc1nc(-c2ccc(OC)c(OC)c2)sc1C#N. The number of aryl methyl sites for hydroxylation is 1. The molecule has 0 aliphatic heterocycles. The lowest BCUT2D eigenvalue weighted by molar-refractivity contribution is 0.355. The van der Waals surface area contributed by atoms with Crippen LogP contribution in [0.4, 0.5) is 0 Å². The molecule has 0 atom stereocenters. The van der Waals surface area contributed by atoms with Crippen molar-refractivity contribution in [3.05, 3.63) is 28.8 Å². The van der Waals surface area contributed by atoms with Gasteiger partial charge < -0.3 is 9.47 Å². The minimum Gasteiger partial charge on any atom is -0.493 e. The molecule has 2 rings (SSSR count). The zero-order valence-corrected chi connectivity index (χ0v) is 12.6. The summed E-state index contributed by atoms with van der Waals surface area (Å²) in [5, 5.41) is 10.0. The van der Waals surface area contributed by atoms with Crippen molar-refractivity contribution in [2.45, 2.75) is 19.8 Å². The quantitative estimate of drug-likeness (QED) is 0.842. The van der Waals surface area contributed by atoms with Gasteiger partial charge in [-0.25, -0.2) is 4.98 Å². The minimum atomic E-state index is 0.663. The van der Waals surface area contributed by atoms with Crippen LogP contribution in [0.3, 0.4) is 0 Å². The number of nitrogens with zero attached hydrogens (tertiary/aromatic N) is 2. The van der Waals surface area contributed by atoms with Crippen molar-refractivity contribution in [3.8, 4) is 28.1 Å². The van der Waals surface area contributed by atoms with E-state index in [1.165, 1.54) is 11.3 Å². The van der Waals surface area contributed by atoms with E-state index < -0.39 is 0 Å². The molecule has 1 aromatic heterocycles. The van der Waals surface area contributed by atoms with E-state index in [-0.39, 0.29) is 0 Å². The number of hydrogen-bond donors (Lipinski definition) is 0. The molecule has 0 spiro atoms. The van der Waals surface area contributed by atoms with Crippen LogP contribution in [0.1, 0.15) is 23.9 Å². The molecule has 0 bridgehead atoms. The second kappa shape index (κ2) is 6.40. The first-order valence-electron chi connectivity index (χ1n) is 6.35. The smallest absolute Gasteiger partial charge is 0.161 e. The van der Waals surface area contributed by atoms with E-state index in [2.05, 4.69) is 18.0 Å².